The van der Waals surface area contributed by atoms with E-state index in [0.29, 0.717) is 27.9 Å². The molecule has 1 aromatic carbocycles. The Morgan fingerprint density at radius 1 is 1.15 bits per heavy atom. The molecular weight excluding hydrogens is 516 g/mol. The van der Waals surface area contributed by atoms with Crippen molar-refractivity contribution in [2.75, 3.05) is 5.32 Å². The average molecular weight is 551 g/mol. The fourth-order valence-electron chi connectivity index (χ4n) is 4.55. The molecule has 4 rings (SSSR count). The molecule has 0 aliphatic heterocycles. The van der Waals surface area contributed by atoms with Crippen LogP contribution in [0.5, 0.6) is 0 Å². The van der Waals surface area contributed by atoms with Gasteiger partial charge >= 0.3 is 6.09 Å². The second-order valence-corrected chi connectivity index (χ2v) is 11.2. The second kappa shape index (κ2) is 11.9. The average Bonchev–Trinajstić information content (AvgIpc) is 3.29. The summed E-state index contributed by atoms with van der Waals surface area (Å²) in [5.74, 6) is 0.338. The van der Waals surface area contributed by atoms with Gasteiger partial charge < -0.3 is 20.4 Å². The van der Waals surface area contributed by atoms with Crippen LogP contribution in [0.3, 0.4) is 0 Å². The van der Waals surface area contributed by atoms with Crippen molar-refractivity contribution in [2.24, 2.45) is 0 Å². The molecule has 2 amide bonds. The molecule has 0 atom stereocenters. The molecule has 206 valence electrons. The van der Waals surface area contributed by atoms with Gasteiger partial charge in [-0.05, 0) is 65.5 Å². The summed E-state index contributed by atoms with van der Waals surface area (Å²) >= 11 is 6.46. The van der Waals surface area contributed by atoms with E-state index in [1.807, 2.05) is 30.5 Å². The number of nitrogens with one attached hydrogen (secondary N) is 4. The maximum Gasteiger partial charge on any atom is 0.412 e. The molecule has 0 radical (unpaired) electrons. The maximum absolute atomic E-state index is 12.7. The van der Waals surface area contributed by atoms with Crippen LogP contribution in [0, 0.1) is 0 Å². The molecule has 39 heavy (non-hydrogen) atoms. The first-order chi connectivity index (χ1) is 18.5. The molecule has 9 nitrogen and oxygen atoms in total. The van der Waals surface area contributed by atoms with E-state index in [4.69, 9.17) is 21.3 Å². The van der Waals surface area contributed by atoms with E-state index in [1.54, 1.807) is 33.9 Å². The first-order valence-corrected chi connectivity index (χ1v) is 13.4. The Labute approximate surface area is 233 Å². The third-order valence-electron chi connectivity index (χ3n) is 6.39. The number of hydrogen-bond donors (Lipinski definition) is 4. The van der Waals surface area contributed by atoms with Gasteiger partial charge in [0.25, 0.3) is 0 Å². The minimum absolute atomic E-state index is 0.0545. The zero-order valence-corrected chi connectivity index (χ0v) is 23.5. The number of hydrogen-bond acceptors (Lipinski definition) is 6. The Bertz CT molecular complexity index is 1400. The number of nitrogens with zero attached hydrogens (tertiary/aromatic N) is 2. The molecule has 10 heteroatoms. The molecule has 1 saturated carbocycles. The summed E-state index contributed by atoms with van der Waals surface area (Å²) in [5.41, 5.74) is 2.76. The molecule has 0 spiro atoms. The van der Waals surface area contributed by atoms with E-state index in [9.17, 15) is 9.59 Å². The SMILES string of the molecule is C=C(/C=C(\C)C(=O)N[C@H]1CC[C@H](Nc2ncc(Cl)c(-c3c[nH]c4ccccc34)n2)CC1)NC(=O)OC(C)(C)C. The number of allylic oxidation sites excluding steroid dienone is 1. The van der Waals surface area contributed by atoms with Crippen LogP contribution in [0.15, 0.2) is 60.6 Å². The van der Waals surface area contributed by atoms with Crippen molar-refractivity contribution in [1.82, 2.24) is 25.6 Å². The van der Waals surface area contributed by atoms with Gasteiger partial charge in [-0.25, -0.2) is 14.8 Å². The number of benzene rings is 1. The van der Waals surface area contributed by atoms with Gasteiger partial charge in [0, 0.05) is 46.0 Å². The van der Waals surface area contributed by atoms with Crippen molar-refractivity contribution in [3.8, 4) is 11.3 Å². The number of amides is 2. The van der Waals surface area contributed by atoms with Gasteiger partial charge in [0.15, 0.2) is 0 Å². The summed E-state index contributed by atoms with van der Waals surface area (Å²) in [7, 11) is 0. The molecular formula is C29H35ClN6O3. The van der Waals surface area contributed by atoms with Crippen LogP contribution < -0.4 is 16.0 Å². The Balaban J connectivity index is 1.29. The van der Waals surface area contributed by atoms with Crippen molar-refractivity contribution >= 4 is 40.5 Å². The number of carbonyl (C=O) groups is 2. The van der Waals surface area contributed by atoms with Crippen molar-refractivity contribution < 1.29 is 14.3 Å². The third kappa shape index (κ3) is 7.60. The van der Waals surface area contributed by atoms with Gasteiger partial charge in [0.1, 0.15) is 5.60 Å². The highest BCUT2D eigenvalue weighted by atomic mass is 35.5. The molecule has 0 unspecified atom stereocenters. The van der Waals surface area contributed by atoms with Crippen molar-refractivity contribution in [3.05, 3.63) is 65.6 Å². The number of para-hydroxylation sites is 1. The lowest BCUT2D eigenvalue weighted by molar-refractivity contribution is -0.118. The van der Waals surface area contributed by atoms with E-state index < -0.39 is 11.7 Å². The molecule has 0 saturated heterocycles. The van der Waals surface area contributed by atoms with Crippen LogP contribution >= 0.6 is 11.6 Å². The number of carbonyl (C=O) groups excluding carboxylic acids is 2. The molecule has 3 aromatic rings. The van der Waals surface area contributed by atoms with Gasteiger partial charge in [-0.15, -0.1) is 0 Å². The number of rotatable bonds is 7. The van der Waals surface area contributed by atoms with E-state index in [0.717, 1.165) is 42.1 Å². The van der Waals surface area contributed by atoms with Crippen molar-refractivity contribution in [2.45, 2.75) is 71.1 Å². The lowest BCUT2D eigenvalue weighted by Gasteiger charge is -2.29. The number of fused-ring (bicyclic) bond motifs is 1. The molecule has 4 N–H and O–H groups in total. The lowest BCUT2D eigenvalue weighted by atomic mass is 9.91. The predicted octanol–water partition coefficient (Wildman–Crippen LogP) is 6.10. The van der Waals surface area contributed by atoms with Crippen LogP contribution in [0.1, 0.15) is 53.4 Å². The fraction of sp³-hybridized carbons (Fsp3) is 0.379. The number of H-pyrrole nitrogens is 1. The minimum atomic E-state index is -0.618. The summed E-state index contributed by atoms with van der Waals surface area (Å²) in [6, 6.07) is 8.25. The highest BCUT2D eigenvalue weighted by molar-refractivity contribution is 6.33. The molecule has 1 aliphatic carbocycles. The van der Waals surface area contributed by atoms with Gasteiger partial charge in [0.05, 0.1) is 16.9 Å². The number of aromatic amines is 1. The fourth-order valence-corrected chi connectivity index (χ4v) is 4.75. The van der Waals surface area contributed by atoms with Crippen LogP contribution in [0.4, 0.5) is 10.7 Å². The summed E-state index contributed by atoms with van der Waals surface area (Å²) < 4.78 is 5.21. The molecule has 1 aliphatic rings. The molecule has 1 fully saturated rings. The number of alkyl carbamates (subject to hydrolysis) is 1. The Kier molecular flexibility index (Phi) is 8.60. The molecule has 2 aromatic heterocycles. The van der Waals surface area contributed by atoms with Crippen molar-refractivity contribution in [1.29, 1.82) is 0 Å². The predicted molar refractivity (Wildman–Crippen MR) is 154 cm³/mol. The number of halogens is 1. The van der Waals surface area contributed by atoms with Crippen molar-refractivity contribution in [3.63, 3.8) is 0 Å². The topological polar surface area (TPSA) is 121 Å². The monoisotopic (exact) mass is 550 g/mol. The Hall–Kier alpha value is -3.85. The summed E-state index contributed by atoms with van der Waals surface area (Å²) in [6.07, 6.45) is 7.81. The first-order valence-electron chi connectivity index (χ1n) is 13.0. The van der Waals surface area contributed by atoms with Gasteiger partial charge in [-0.3, -0.25) is 10.1 Å². The van der Waals surface area contributed by atoms with E-state index in [1.165, 1.54) is 6.08 Å². The molecule has 2 heterocycles. The van der Waals surface area contributed by atoms with E-state index >= 15 is 0 Å². The Morgan fingerprint density at radius 2 is 1.85 bits per heavy atom. The normalized spacial score (nSPS) is 17.9. The number of ether oxygens (including phenoxy) is 1. The maximum atomic E-state index is 12.7. The number of aromatic nitrogens is 3. The zero-order chi connectivity index (χ0) is 28.2. The standard InChI is InChI=1S/C29H35ClN6O3/c1-17(14-18(2)33-28(38)39-29(3,4)5)26(37)34-19-10-12-20(13-11-19)35-27-32-16-23(30)25(36-27)22-15-31-24-9-7-6-8-21(22)24/h6-9,14-16,19-20,31H,2,10-13H2,1,3-5H3,(H,33,38)(H,34,37)(H,32,35,36)/b17-14+/t19-,20-. The summed E-state index contributed by atoms with van der Waals surface area (Å²) in [5, 5.41) is 10.6. The smallest absolute Gasteiger partial charge is 0.412 e. The summed E-state index contributed by atoms with van der Waals surface area (Å²) in [4.78, 5) is 37.0. The third-order valence-corrected chi connectivity index (χ3v) is 6.67. The van der Waals surface area contributed by atoms with Crippen LogP contribution in [0.2, 0.25) is 5.02 Å². The highest BCUT2D eigenvalue weighted by Gasteiger charge is 2.24. The largest absolute Gasteiger partial charge is 0.444 e. The van der Waals surface area contributed by atoms with Gasteiger partial charge in [0.2, 0.25) is 11.9 Å². The second-order valence-electron chi connectivity index (χ2n) is 10.8. The van der Waals surface area contributed by atoms with E-state index in [-0.39, 0.29) is 18.0 Å². The zero-order valence-electron chi connectivity index (χ0n) is 22.7. The van der Waals surface area contributed by atoms with Crippen LogP contribution in [0.25, 0.3) is 22.2 Å². The minimum Gasteiger partial charge on any atom is -0.444 e. The lowest BCUT2D eigenvalue weighted by Crippen LogP contribution is -2.40. The highest BCUT2D eigenvalue weighted by Crippen LogP contribution is 2.32. The van der Waals surface area contributed by atoms with Crippen LogP contribution in [-0.2, 0) is 9.53 Å². The Morgan fingerprint density at radius 3 is 2.56 bits per heavy atom. The van der Waals surface area contributed by atoms with Gasteiger partial charge in [-0.2, -0.15) is 0 Å². The number of anilines is 1. The van der Waals surface area contributed by atoms with E-state index in [2.05, 4.69) is 32.5 Å². The quantitative estimate of drug-likeness (QED) is 0.208. The first kappa shape index (κ1) is 28.2. The van der Waals surface area contributed by atoms with Gasteiger partial charge in [-0.1, -0.05) is 36.4 Å². The summed E-state index contributed by atoms with van der Waals surface area (Å²) in [6.45, 7) is 10.8. The molecule has 0 bridgehead atoms. The van der Waals surface area contributed by atoms with Crippen LogP contribution in [-0.4, -0.2) is 44.6 Å².